The van der Waals surface area contributed by atoms with Gasteiger partial charge in [0.1, 0.15) is 5.01 Å². The van der Waals surface area contributed by atoms with Gasteiger partial charge in [0.25, 0.3) is 0 Å². The molecule has 0 amide bonds. The Morgan fingerprint density at radius 1 is 1.22 bits per heavy atom. The summed E-state index contributed by atoms with van der Waals surface area (Å²) in [6.45, 7) is 4.61. The maximum Gasteiger partial charge on any atom is 0.212 e. The SMILES string of the molecule is Cc1nn2c(C)c(-c3ccc(CN)cc3)nc2s1. The van der Waals surface area contributed by atoms with Gasteiger partial charge >= 0.3 is 0 Å². The zero-order valence-electron chi connectivity index (χ0n) is 10.3. The van der Waals surface area contributed by atoms with Crippen molar-refractivity contribution >= 4 is 16.3 Å². The van der Waals surface area contributed by atoms with E-state index < -0.39 is 0 Å². The van der Waals surface area contributed by atoms with Gasteiger partial charge in [0.2, 0.25) is 4.96 Å². The fourth-order valence-electron chi connectivity index (χ4n) is 2.02. The summed E-state index contributed by atoms with van der Waals surface area (Å²) in [4.78, 5) is 5.59. The van der Waals surface area contributed by atoms with Gasteiger partial charge in [0.05, 0.1) is 11.4 Å². The molecule has 2 aromatic heterocycles. The van der Waals surface area contributed by atoms with Crippen molar-refractivity contribution in [2.75, 3.05) is 0 Å². The predicted molar refractivity (Wildman–Crippen MR) is 73.7 cm³/mol. The Balaban J connectivity index is 2.12. The Morgan fingerprint density at radius 3 is 2.56 bits per heavy atom. The molecule has 0 unspecified atom stereocenters. The predicted octanol–water partition coefficient (Wildman–Crippen LogP) is 2.53. The van der Waals surface area contributed by atoms with E-state index in [1.807, 2.05) is 30.5 Å². The van der Waals surface area contributed by atoms with Gasteiger partial charge in [-0.25, -0.2) is 9.50 Å². The van der Waals surface area contributed by atoms with Gasteiger partial charge in [-0.05, 0) is 19.4 Å². The third-order valence-electron chi connectivity index (χ3n) is 2.99. The molecule has 4 nitrogen and oxygen atoms in total. The lowest BCUT2D eigenvalue weighted by molar-refractivity contribution is 0.909. The monoisotopic (exact) mass is 258 g/mol. The number of aryl methyl sites for hydroxylation is 2. The normalized spacial score (nSPS) is 11.3. The van der Waals surface area contributed by atoms with E-state index in [-0.39, 0.29) is 0 Å². The maximum absolute atomic E-state index is 5.60. The molecule has 0 saturated heterocycles. The van der Waals surface area contributed by atoms with Gasteiger partial charge in [-0.2, -0.15) is 5.10 Å². The number of aromatic nitrogens is 3. The summed E-state index contributed by atoms with van der Waals surface area (Å²) < 4.78 is 1.91. The van der Waals surface area contributed by atoms with Crippen LogP contribution in [0.25, 0.3) is 16.2 Å². The van der Waals surface area contributed by atoms with Crippen LogP contribution in [0.5, 0.6) is 0 Å². The Kier molecular flexibility index (Phi) is 2.65. The number of fused-ring (bicyclic) bond motifs is 1. The molecule has 2 N–H and O–H groups in total. The lowest BCUT2D eigenvalue weighted by Gasteiger charge is -2.01. The molecule has 0 atom stereocenters. The Morgan fingerprint density at radius 2 is 1.94 bits per heavy atom. The van der Waals surface area contributed by atoms with Crippen LogP contribution in [0.3, 0.4) is 0 Å². The zero-order chi connectivity index (χ0) is 12.7. The molecule has 3 aromatic rings. The first-order chi connectivity index (χ1) is 8.69. The van der Waals surface area contributed by atoms with E-state index >= 15 is 0 Å². The molecule has 92 valence electrons. The number of imidazole rings is 1. The molecule has 0 aliphatic heterocycles. The number of hydrogen-bond acceptors (Lipinski definition) is 4. The molecule has 0 fully saturated rings. The molecule has 1 aromatic carbocycles. The van der Waals surface area contributed by atoms with Crippen LogP contribution >= 0.6 is 11.3 Å². The van der Waals surface area contributed by atoms with E-state index in [4.69, 9.17) is 5.73 Å². The highest BCUT2D eigenvalue weighted by Gasteiger charge is 2.13. The first kappa shape index (κ1) is 11.4. The Labute approximate surface area is 109 Å². The zero-order valence-corrected chi connectivity index (χ0v) is 11.2. The highest BCUT2D eigenvalue weighted by molar-refractivity contribution is 7.16. The van der Waals surface area contributed by atoms with Gasteiger partial charge in [0.15, 0.2) is 0 Å². The van der Waals surface area contributed by atoms with E-state index in [2.05, 4.69) is 22.2 Å². The third kappa shape index (κ3) is 1.72. The van der Waals surface area contributed by atoms with Crippen LogP contribution in [-0.4, -0.2) is 14.6 Å². The third-order valence-corrected chi connectivity index (χ3v) is 3.82. The van der Waals surface area contributed by atoms with Crippen LogP contribution in [0.4, 0.5) is 0 Å². The maximum atomic E-state index is 5.60. The molecule has 0 bridgehead atoms. The van der Waals surface area contributed by atoms with E-state index in [1.54, 1.807) is 11.3 Å². The standard InChI is InChI=1S/C13H14N4S/c1-8-12(11-5-3-10(7-14)4-6-11)15-13-17(8)16-9(2)18-13/h3-6H,7,14H2,1-2H3. The summed E-state index contributed by atoms with van der Waals surface area (Å²) in [5.41, 5.74) is 9.92. The van der Waals surface area contributed by atoms with Crippen molar-refractivity contribution in [3.8, 4) is 11.3 Å². The van der Waals surface area contributed by atoms with E-state index in [0.29, 0.717) is 6.54 Å². The van der Waals surface area contributed by atoms with Crippen molar-refractivity contribution in [1.29, 1.82) is 0 Å². The average Bonchev–Trinajstić information content (AvgIpc) is 2.88. The summed E-state index contributed by atoms with van der Waals surface area (Å²) >= 11 is 1.61. The van der Waals surface area contributed by atoms with Crippen molar-refractivity contribution in [3.63, 3.8) is 0 Å². The molecule has 0 radical (unpaired) electrons. The summed E-state index contributed by atoms with van der Waals surface area (Å²) in [5.74, 6) is 0. The van der Waals surface area contributed by atoms with Crippen LogP contribution in [0.15, 0.2) is 24.3 Å². The molecular weight excluding hydrogens is 244 g/mol. The molecule has 18 heavy (non-hydrogen) atoms. The van der Waals surface area contributed by atoms with Crippen LogP contribution < -0.4 is 5.73 Å². The van der Waals surface area contributed by atoms with Crippen LogP contribution in [0.1, 0.15) is 16.3 Å². The first-order valence-corrected chi connectivity index (χ1v) is 6.63. The van der Waals surface area contributed by atoms with Crippen molar-refractivity contribution in [2.24, 2.45) is 5.73 Å². The van der Waals surface area contributed by atoms with E-state index in [1.165, 1.54) is 0 Å². The van der Waals surface area contributed by atoms with Crippen molar-refractivity contribution in [1.82, 2.24) is 14.6 Å². The van der Waals surface area contributed by atoms with Gasteiger partial charge < -0.3 is 5.73 Å². The minimum atomic E-state index is 0.568. The van der Waals surface area contributed by atoms with Crippen molar-refractivity contribution < 1.29 is 0 Å². The van der Waals surface area contributed by atoms with Crippen LogP contribution in [0.2, 0.25) is 0 Å². The van der Waals surface area contributed by atoms with Crippen LogP contribution in [0, 0.1) is 13.8 Å². The molecular formula is C13H14N4S. The number of nitrogens with two attached hydrogens (primary N) is 1. The number of rotatable bonds is 2. The van der Waals surface area contributed by atoms with Crippen molar-refractivity contribution in [2.45, 2.75) is 20.4 Å². The topological polar surface area (TPSA) is 56.2 Å². The fraction of sp³-hybridized carbons (Fsp3) is 0.231. The molecule has 2 heterocycles. The smallest absolute Gasteiger partial charge is 0.212 e. The van der Waals surface area contributed by atoms with E-state index in [0.717, 1.165) is 32.5 Å². The van der Waals surface area contributed by atoms with Gasteiger partial charge in [-0.3, -0.25) is 0 Å². The van der Waals surface area contributed by atoms with Gasteiger partial charge in [-0.1, -0.05) is 35.6 Å². The minimum absolute atomic E-state index is 0.568. The number of benzene rings is 1. The minimum Gasteiger partial charge on any atom is -0.326 e. The molecule has 3 rings (SSSR count). The van der Waals surface area contributed by atoms with Gasteiger partial charge in [-0.15, -0.1) is 0 Å². The highest BCUT2D eigenvalue weighted by atomic mass is 32.1. The molecule has 0 aliphatic carbocycles. The average molecular weight is 258 g/mol. The summed E-state index contributed by atoms with van der Waals surface area (Å²) in [7, 11) is 0. The van der Waals surface area contributed by atoms with Crippen molar-refractivity contribution in [3.05, 3.63) is 40.5 Å². The van der Waals surface area contributed by atoms with Crippen LogP contribution in [-0.2, 0) is 6.54 Å². The lowest BCUT2D eigenvalue weighted by Crippen LogP contribution is -1.95. The second-order valence-electron chi connectivity index (χ2n) is 4.26. The Hall–Kier alpha value is -1.72. The molecule has 0 spiro atoms. The number of hydrogen-bond donors (Lipinski definition) is 1. The second-order valence-corrected chi connectivity index (χ2v) is 5.42. The molecule has 0 saturated carbocycles. The van der Waals surface area contributed by atoms with E-state index in [9.17, 15) is 0 Å². The molecule has 5 heteroatoms. The summed E-state index contributed by atoms with van der Waals surface area (Å²) in [5, 5.41) is 5.48. The highest BCUT2D eigenvalue weighted by Crippen LogP contribution is 2.26. The fourth-order valence-corrected chi connectivity index (χ4v) is 2.80. The summed E-state index contributed by atoms with van der Waals surface area (Å²) in [6, 6.07) is 8.21. The largest absolute Gasteiger partial charge is 0.326 e. The van der Waals surface area contributed by atoms with Gasteiger partial charge in [0, 0.05) is 12.1 Å². The number of nitrogens with zero attached hydrogens (tertiary/aromatic N) is 3. The molecule has 0 aliphatic rings. The lowest BCUT2D eigenvalue weighted by atomic mass is 10.1. The quantitative estimate of drug-likeness (QED) is 0.768. The Bertz CT molecular complexity index is 694. The first-order valence-electron chi connectivity index (χ1n) is 5.81. The second kappa shape index (κ2) is 4.19. The summed E-state index contributed by atoms with van der Waals surface area (Å²) in [6.07, 6.45) is 0.